The maximum absolute atomic E-state index is 13.5. The van der Waals surface area contributed by atoms with Crippen LogP contribution in [0.5, 0.6) is 0 Å². The van der Waals surface area contributed by atoms with E-state index in [-0.39, 0.29) is 18.9 Å². The van der Waals surface area contributed by atoms with E-state index in [0.717, 1.165) is 38.5 Å². The molecule has 19 nitrogen and oxygen atoms in total. The number of aliphatic hydroxyl groups excluding tert-OH is 11. The minimum Gasteiger partial charge on any atom is -0.394 e. The molecule has 1 amide bonds. The Balaban J connectivity index is 1.32. The molecular weight excluding hydrogens is 1390 g/mol. The van der Waals surface area contributed by atoms with E-state index in [0.29, 0.717) is 12.8 Å². The van der Waals surface area contributed by atoms with Gasteiger partial charge in [0.2, 0.25) is 5.91 Å². The molecule has 3 fully saturated rings. The lowest BCUT2D eigenvalue weighted by molar-refractivity contribution is -0.379. The van der Waals surface area contributed by atoms with Crippen LogP contribution in [-0.2, 0) is 33.2 Å². The van der Waals surface area contributed by atoms with Gasteiger partial charge in [-0.25, -0.2) is 0 Å². The topological polar surface area (TPSA) is 307 Å². The van der Waals surface area contributed by atoms with Crippen LogP contribution in [-0.4, -0.2) is 193 Å². The summed E-state index contributed by atoms with van der Waals surface area (Å²) in [5.74, 6) is -0.275. The van der Waals surface area contributed by atoms with Crippen molar-refractivity contribution in [3.05, 3.63) is 24.3 Å². The number of rotatable bonds is 77. The first-order valence-corrected chi connectivity index (χ1v) is 46.6. The van der Waals surface area contributed by atoms with Crippen LogP contribution in [0.1, 0.15) is 418 Å². The van der Waals surface area contributed by atoms with Crippen molar-refractivity contribution in [3.8, 4) is 0 Å². The SMILES string of the molecule is CCCCCCCCCCCCCCCCCCCCCCCCCC/C=C/CC/C=C/C(O)C(COC1OC(CO)C(OC2OC(CO)C(OC3OC(CO)C(O)C(O)C3O)C(O)C2O)C(O)C1O)NC(=O)CCCCCCCCCCCCCCCCCCCCCCCCCCCCCCCCCCCCC. The van der Waals surface area contributed by atoms with Crippen molar-refractivity contribution in [2.75, 3.05) is 26.4 Å². The first-order valence-electron chi connectivity index (χ1n) is 46.6. The second-order valence-electron chi connectivity index (χ2n) is 33.5. The smallest absolute Gasteiger partial charge is 0.220 e. The van der Waals surface area contributed by atoms with E-state index >= 15 is 0 Å². The zero-order valence-corrected chi connectivity index (χ0v) is 70.3. The van der Waals surface area contributed by atoms with Crippen LogP contribution in [0, 0.1) is 0 Å². The summed E-state index contributed by atoms with van der Waals surface area (Å²) in [4.78, 5) is 13.5. The predicted molar refractivity (Wildman–Crippen MR) is 443 cm³/mol. The van der Waals surface area contributed by atoms with Crippen molar-refractivity contribution in [2.24, 2.45) is 0 Å². The standard InChI is InChI=1S/C91H173NO18/c1-3-5-7-9-11-13-15-17-19-21-23-25-27-29-31-33-35-36-37-38-39-41-43-45-47-49-51-53-55-57-59-61-63-65-67-69-79(97)92-74(75(96)68-66-64-62-60-58-56-54-52-50-48-46-44-42-40-34-32-30-28-26-24-22-20-18-16-14-12-10-8-6-4-2)73-105-89-85(103)82(100)87(77(71-94)107-89)110-91-86(104)83(101)88(78(72-95)108-91)109-90-84(102)81(99)80(98)76(70-93)106-90/h58,60,66,68,74-78,80-91,93-96,98-104H,3-57,59,61-65,67,69-73H2,1-2H3,(H,92,97)/b60-58+,68-66+. The van der Waals surface area contributed by atoms with Crippen molar-refractivity contribution in [1.82, 2.24) is 5.32 Å². The number of hydrogen-bond donors (Lipinski definition) is 12. The molecule has 17 unspecified atom stereocenters. The minimum absolute atomic E-state index is 0.241. The van der Waals surface area contributed by atoms with Gasteiger partial charge in [-0.05, 0) is 32.1 Å². The summed E-state index contributed by atoms with van der Waals surface area (Å²) in [5, 5.41) is 121. The van der Waals surface area contributed by atoms with Crippen LogP contribution >= 0.6 is 0 Å². The van der Waals surface area contributed by atoms with E-state index in [2.05, 4.69) is 31.3 Å². The van der Waals surface area contributed by atoms with Gasteiger partial charge in [0.05, 0.1) is 38.6 Å². The van der Waals surface area contributed by atoms with Crippen molar-refractivity contribution in [2.45, 2.75) is 523 Å². The molecule has 3 rings (SSSR count). The largest absolute Gasteiger partial charge is 0.394 e. The fraction of sp³-hybridized carbons (Fsp3) is 0.945. The summed E-state index contributed by atoms with van der Waals surface area (Å²) in [6, 6.07) is -0.990. The van der Waals surface area contributed by atoms with Gasteiger partial charge in [-0.15, -0.1) is 0 Å². The lowest BCUT2D eigenvalue weighted by atomic mass is 9.96. The molecule has 110 heavy (non-hydrogen) atoms. The Hall–Kier alpha value is -1.73. The lowest BCUT2D eigenvalue weighted by Crippen LogP contribution is -2.66. The third kappa shape index (κ3) is 49.5. The Bertz CT molecular complexity index is 2070. The highest BCUT2D eigenvalue weighted by molar-refractivity contribution is 5.76. The van der Waals surface area contributed by atoms with Gasteiger partial charge in [0, 0.05) is 6.42 Å². The highest BCUT2D eigenvalue weighted by Crippen LogP contribution is 2.34. The van der Waals surface area contributed by atoms with E-state index in [9.17, 15) is 61.0 Å². The van der Waals surface area contributed by atoms with Gasteiger partial charge in [0.1, 0.15) is 73.2 Å². The molecule has 650 valence electrons. The number of allylic oxidation sites excluding steroid dienone is 3. The number of carbonyl (C=O) groups is 1. The number of unbranched alkanes of at least 4 members (excludes halogenated alkanes) is 59. The second-order valence-corrected chi connectivity index (χ2v) is 33.5. The van der Waals surface area contributed by atoms with Crippen molar-refractivity contribution >= 4 is 5.91 Å². The highest BCUT2D eigenvalue weighted by Gasteiger charge is 2.54. The average Bonchev–Trinajstić information content (AvgIpc) is 0.779. The zero-order chi connectivity index (χ0) is 79.5. The van der Waals surface area contributed by atoms with E-state index in [1.54, 1.807) is 6.08 Å². The van der Waals surface area contributed by atoms with Crippen molar-refractivity contribution in [1.29, 1.82) is 0 Å². The maximum atomic E-state index is 13.5. The molecule has 0 spiro atoms. The molecular formula is C91H173NO18. The molecule has 3 heterocycles. The molecule has 3 aliphatic rings. The number of ether oxygens (including phenoxy) is 6. The van der Waals surface area contributed by atoms with E-state index in [1.165, 1.54) is 347 Å². The van der Waals surface area contributed by atoms with Gasteiger partial charge in [-0.3, -0.25) is 4.79 Å². The van der Waals surface area contributed by atoms with E-state index in [1.807, 2.05) is 6.08 Å². The molecule has 19 heteroatoms. The molecule has 0 radical (unpaired) electrons. The Kier molecular flexibility index (Phi) is 66.5. The molecule has 17 atom stereocenters. The summed E-state index contributed by atoms with van der Waals surface area (Å²) in [6.45, 7) is 1.80. The molecule has 0 aromatic heterocycles. The molecule has 0 aromatic carbocycles. The fourth-order valence-electron chi connectivity index (χ4n) is 16.1. The zero-order valence-electron chi connectivity index (χ0n) is 70.3. The summed E-state index contributed by atoms with van der Waals surface area (Å²) in [6.07, 6.45) is 63.6. The first-order chi connectivity index (χ1) is 53.8. The van der Waals surface area contributed by atoms with Crippen molar-refractivity contribution in [3.63, 3.8) is 0 Å². The number of carbonyl (C=O) groups excluding carboxylic acids is 1. The summed E-state index contributed by atoms with van der Waals surface area (Å²) in [7, 11) is 0. The molecule has 3 saturated heterocycles. The number of nitrogens with one attached hydrogen (secondary N) is 1. The number of aliphatic hydroxyl groups is 11. The van der Waals surface area contributed by atoms with Gasteiger partial charge in [-0.1, -0.05) is 404 Å². The molecule has 0 aromatic rings. The molecule has 12 N–H and O–H groups in total. The molecule has 3 aliphatic heterocycles. The summed E-state index contributed by atoms with van der Waals surface area (Å²) < 4.78 is 34.5. The van der Waals surface area contributed by atoms with Crippen LogP contribution in [0.3, 0.4) is 0 Å². The third-order valence-corrected chi connectivity index (χ3v) is 23.5. The third-order valence-electron chi connectivity index (χ3n) is 23.5. The predicted octanol–water partition coefficient (Wildman–Crippen LogP) is 18.0. The number of amides is 1. The molecule has 0 saturated carbocycles. The monoisotopic (exact) mass is 1570 g/mol. The Morgan fingerprint density at radius 2 is 0.582 bits per heavy atom. The Morgan fingerprint density at radius 1 is 0.318 bits per heavy atom. The summed E-state index contributed by atoms with van der Waals surface area (Å²) in [5.41, 5.74) is 0. The summed E-state index contributed by atoms with van der Waals surface area (Å²) >= 11 is 0. The van der Waals surface area contributed by atoms with Crippen LogP contribution in [0.2, 0.25) is 0 Å². The van der Waals surface area contributed by atoms with Crippen LogP contribution in [0.4, 0.5) is 0 Å². The lowest BCUT2D eigenvalue weighted by Gasteiger charge is -2.48. The van der Waals surface area contributed by atoms with Gasteiger partial charge in [0.25, 0.3) is 0 Å². The first kappa shape index (κ1) is 102. The van der Waals surface area contributed by atoms with Crippen LogP contribution in [0.15, 0.2) is 24.3 Å². The second kappa shape index (κ2) is 71.4. The van der Waals surface area contributed by atoms with Gasteiger partial charge < -0.3 is 89.9 Å². The van der Waals surface area contributed by atoms with Gasteiger partial charge >= 0.3 is 0 Å². The van der Waals surface area contributed by atoms with Gasteiger partial charge in [0.15, 0.2) is 18.9 Å². The van der Waals surface area contributed by atoms with Gasteiger partial charge in [-0.2, -0.15) is 0 Å². The van der Waals surface area contributed by atoms with E-state index < -0.39 is 124 Å². The molecule has 0 bridgehead atoms. The van der Waals surface area contributed by atoms with E-state index in [4.69, 9.17) is 28.4 Å². The fourth-order valence-corrected chi connectivity index (χ4v) is 16.1. The van der Waals surface area contributed by atoms with Crippen molar-refractivity contribution < 1.29 is 89.4 Å². The quantitative estimate of drug-likeness (QED) is 0.0199. The highest BCUT2D eigenvalue weighted by atomic mass is 16.8. The molecule has 0 aliphatic carbocycles. The maximum Gasteiger partial charge on any atom is 0.220 e. The average molecular weight is 1570 g/mol. The normalized spacial score (nSPS) is 25.2. The Labute approximate surface area is 670 Å². The Morgan fingerprint density at radius 3 is 0.909 bits per heavy atom. The van der Waals surface area contributed by atoms with Crippen LogP contribution < -0.4 is 5.32 Å². The number of hydrogen-bond acceptors (Lipinski definition) is 18. The van der Waals surface area contributed by atoms with Crippen LogP contribution in [0.25, 0.3) is 0 Å². The minimum atomic E-state index is -1.98.